The van der Waals surface area contributed by atoms with E-state index < -0.39 is 5.97 Å². The zero-order chi connectivity index (χ0) is 9.61. The highest BCUT2D eigenvalue weighted by atomic mass is 16.4. The maximum absolute atomic E-state index is 10.4. The highest BCUT2D eigenvalue weighted by Gasteiger charge is 2.19. The molecular weight excluding hydrogens is 154 g/mol. The molecule has 0 rings (SSSR count). The number of unbranched alkanes of at least 4 members (excludes halogenated alkanes) is 1. The largest absolute Gasteiger partial charge is 0.481 e. The molecule has 0 spiro atoms. The van der Waals surface area contributed by atoms with Crippen molar-refractivity contribution in [3.8, 4) is 0 Å². The van der Waals surface area contributed by atoms with Crippen LogP contribution in [0.1, 0.15) is 40.0 Å². The van der Waals surface area contributed by atoms with Gasteiger partial charge in [-0.3, -0.25) is 4.79 Å². The summed E-state index contributed by atoms with van der Waals surface area (Å²) < 4.78 is 0. The Hall–Kier alpha value is -0.570. The van der Waals surface area contributed by atoms with E-state index in [0.29, 0.717) is 0 Å². The first-order valence-corrected chi connectivity index (χ1v) is 4.45. The van der Waals surface area contributed by atoms with Gasteiger partial charge in [0.15, 0.2) is 0 Å². The van der Waals surface area contributed by atoms with Crippen LogP contribution in [0.5, 0.6) is 0 Å². The first kappa shape index (κ1) is 11.4. The molecule has 0 atom stereocenters. The van der Waals surface area contributed by atoms with E-state index in [1.807, 2.05) is 13.8 Å². The lowest BCUT2D eigenvalue weighted by molar-refractivity contribution is -0.138. The van der Waals surface area contributed by atoms with Gasteiger partial charge in [-0.25, -0.2) is 0 Å². The second kappa shape index (κ2) is 5.14. The number of hydrogen-bond acceptors (Lipinski definition) is 2. The second-order valence-corrected chi connectivity index (χ2v) is 3.73. The van der Waals surface area contributed by atoms with Crippen molar-refractivity contribution in [3.05, 3.63) is 0 Å². The van der Waals surface area contributed by atoms with Gasteiger partial charge in [-0.15, -0.1) is 0 Å². The maximum atomic E-state index is 10.4. The van der Waals surface area contributed by atoms with E-state index in [1.54, 1.807) is 0 Å². The van der Waals surface area contributed by atoms with Crippen LogP contribution in [-0.2, 0) is 4.79 Å². The zero-order valence-electron chi connectivity index (χ0n) is 8.18. The van der Waals surface area contributed by atoms with E-state index >= 15 is 0 Å². The fourth-order valence-electron chi connectivity index (χ4n) is 1.04. The van der Waals surface area contributed by atoms with E-state index in [4.69, 9.17) is 5.11 Å². The summed E-state index contributed by atoms with van der Waals surface area (Å²) in [6.45, 7) is 6.84. The van der Waals surface area contributed by atoms with Crippen molar-refractivity contribution in [3.63, 3.8) is 0 Å². The van der Waals surface area contributed by atoms with Gasteiger partial charge in [0.1, 0.15) is 0 Å². The minimum atomic E-state index is -0.746. The molecule has 0 saturated heterocycles. The third-order valence-electron chi connectivity index (χ3n) is 1.73. The molecule has 0 aromatic heterocycles. The van der Waals surface area contributed by atoms with Gasteiger partial charge in [0, 0.05) is 5.54 Å². The summed E-state index contributed by atoms with van der Waals surface area (Å²) in [4.78, 5) is 10.4. The molecule has 0 amide bonds. The Morgan fingerprint density at radius 1 is 1.50 bits per heavy atom. The molecule has 0 aromatic carbocycles. The third kappa shape index (κ3) is 6.16. The molecule has 0 fully saturated rings. The molecule has 0 unspecified atom stereocenters. The number of rotatable bonds is 6. The van der Waals surface area contributed by atoms with Crippen LogP contribution in [0.25, 0.3) is 0 Å². The number of carboxylic acid groups (broad SMARTS) is 1. The van der Waals surface area contributed by atoms with Crippen molar-refractivity contribution >= 4 is 5.97 Å². The highest BCUT2D eigenvalue weighted by molar-refractivity contribution is 5.68. The molecule has 3 nitrogen and oxygen atoms in total. The molecule has 72 valence electrons. The van der Waals surface area contributed by atoms with Crippen molar-refractivity contribution in [2.75, 3.05) is 6.54 Å². The van der Waals surface area contributed by atoms with Crippen LogP contribution < -0.4 is 5.32 Å². The summed E-state index contributed by atoms with van der Waals surface area (Å²) in [5.74, 6) is -0.746. The maximum Gasteiger partial charge on any atom is 0.305 e. The average Bonchev–Trinajstić information content (AvgIpc) is 1.84. The average molecular weight is 173 g/mol. The van der Waals surface area contributed by atoms with Crippen LogP contribution in [0.15, 0.2) is 0 Å². The van der Waals surface area contributed by atoms with E-state index in [1.165, 1.54) is 0 Å². The Morgan fingerprint density at radius 2 is 2.08 bits per heavy atom. The molecule has 0 heterocycles. The lowest BCUT2D eigenvalue weighted by atomic mass is 10.0. The van der Waals surface area contributed by atoms with Crippen molar-refractivity contribution in [2.24, 2.45) is 0 Å². The molecule has 3 heteroatoms. The van der Waals surface area contributed by atoms with E-state index in [0.717, 1.165) is 19.4 Å². The fourth-order valence-corrected chi connectivity index (χ4v) is 1.04. The quantitative estimate of drug-likeness (QED) is 0.600. The fraction of sp³-hybridized carbons (Fsp3) is 0.889. The standard InChI is InChI=1S/C9H19NO2/c1-4-5-6-10-9(2,3)7-8(11)12/h10H,4-7H2,1-3H3,(H,11,12). The third-order valence-corrected chi connectivity index (χ3v) is 1.73. The summed E-state index contributed by atoms with van der Waals surface area (Å²) in [6.07, 6.45) is 2.41. The number of hydrogen-bond donors (Lipinski definition) is 2. The summed E-state index contributed by atoms with van der Waals surface area (Å²) in [5.41, 5.74) is -0.277. The normalized spacial score (nSPS) is 11.6. The minimum absolute atomic E-state index is 0.177. The molecule has 2 N–H and O–H groups in total. The van der Waals surface area contributed by atoms with Crippen LogP contribution in [0.3, 0.4) is 0 Å². The molecule has 0 aliphatic carbocycles. The molecule has 0 aliphatic heterocycles. The van der Waals surface area contributed by atoms with Crippen LogP contribution in [0.2, 0.25) is 0 Å². The van der Waals surface area contributed by atoms with Gasteiger partial charge in [0.2, 0.25) is 0 Å². The first-order valence-electron chi connectivity index (χ1n) is 4.45. The van der Waals surface area contributed by atoms with Gasteiger partial charge >= 0.3 is 5.97 Å². The van der Waals surface area contributed by atoms with Crippen molar-refractivity contribution in [1.82, 2.24) is 5.32 Å². The molecule has 12 heavy (non-hydrogen) atoms. The molecule has 0 aromatic rings. The van der Waals surface area contributed by atoms with Gasteiger partial charge in [0.25, 0.3) is 0 Å². The molecule has 0 bridgehead atoms. The Labute approximate surface area is 74.2 Å². The number of aliphatic carboxylic acids is 1. The van der Waals surface area contributed by atoms with Crippen molar-refractivity contribution in [1.29, 1.82) is 0 Å². The van der Waals surface area contributed by atoms with Crippen molar-refractivity contribution < 1.29 is 9.90 Å². The van der Waals surface area contributed by atoms with Crippen LogP contribution in [0.4, 0.5) is 0 Å². The summed E-state index contributed by atoms with van der Waals surface area (Å²) in [7, 11) is 0. The Morgan fingerprint density at radius 3 is 2.50 bits per heavy atom. The monoisotopic (exact) mass is 173 g/mol. The number of carbonyl (C=O) groups is 1. The lowest BCUT2D eigenvalue weighted by Gasteiger charge is -2.24. The van der Waals surface area contributed by atoms with Gasteiger partial charge in [-0.1, -0.05) is 13.3 Å². The summed E-state index contributed by atoms with van der Waals surface area (Å²) in [5, 5.41) is 11.8. The van der Waals surface area contributed by atoms with Gasteiger partial charge in [-0.2, -0.15) is 0 Å². The van der Waals surface area contributed by atoms with Gasteiger partial charge in [0.05, 0.1) is 6.42 Å². The minimum Gasteiger partial charge on any atom is -0.481 e. The summed E-state index contributed by atoms with van der Waals surface area (Å²) >= 11 is 0. The molecule has 0 radical (unpaired) electrons. The van der Waals surface area contributed by atoms with Crippen molar-refractivity contribution in [2.45, 2.75) is 45.6 Å². The van der Waals surface area contributed by atoms with E-state index in [9.17, 15) is 4.79 Å². The Bertz CT molecular complexity index is 143. The van der Waals surface area contributed by atoms with E-state index in [2.05, 4.69) is 12.2 Å². The Balaban J connectivity index is 3.63. The van der Waals surface area contributed by atoms with Crippen LogP contribution in [0, 0.1) is 0 Å². The zero-order valence-corrected chi connectivity index (χ0v) is 8.18. The molecule has 0 saturated carbocycles. The number of nitrogens with one attached hydrogen (secondary N) is 1. The predicted octanol–water partition coefficient (Wildman–Crippen LogP) is 1.63. The second-order valence-electron chi connectivity index (χ2n) is 3.73. The SMILES string of the molecule is CCCCNC(C)(C)CC(=O)O. The predicted molar refractivity (Wildman–Crippen MR) is 49.2 cm³/mol. The van der Waals surface area contributed by atoms with Gasteiger partial charge < -0.3 is 10.4 Å². The highest BCUT2D eigenvalue weighted by Crippen LogP contribution is 2.07. The molecular formula is C9H19NO2. The van der Waals surface area contributed by atoms with Crippen LogP contribution >= 0.6 is 0 Å². The Kier molecular flexibility index (Phi) is 4.90. The topological polar surface area (TPSA) is 49.3 Å². The smallest absolute Gasteiger partial charge is 0.305 e. The van der Waals surface area contributed by atoms with E-state index in [-0.39, 0.29) is 12.0 Å². The lowest BCUT2D eigenvalue weighted by Crippen LogP contribution is -2.41. The van der Waals surface area contributed by atoms with Gasteiger partial charge in [-0.05, 0) is 26.8 Å². The molecule has 0 aliphatic rings. The van der Waals surface area contributed by atoms with Crippen LogP contribution in [-0.4, -0.2) is 23.2 Å². The number of carboxylic acids is 1. The summed E-state index contributed by atoms with van der Waals surface area (Å²) in [6, 6.07) is 0. The first-order chi connectivity index (χ1) is 5.48.